The summed E-state index contributed by atoms with van der Waals surface area (Å²) >= 11 is 0. The maximum absolute atomic E-state index is 12.6. The first-order chi connectivity index (χ1) is 16.4. The second kappa shape index (κ2) is 11.4. The standard InChI is InChI=1S/C25H33N3O5S/c1-19-17-28(11-13-32-19)18-21-5-2-4-20(14-21)15-26-25(29)22-7-9-24(10-8-22)34(30,31)27-16-23-6-3-12-33-23/h2,4-5,7-10,14,19,23,27H,3,6,11-13,15-18H2,1H3,(H,26,29). The Morgan fingerprint density at radius 2 is 1.88 bits per heavy atom. The quantitative estimate of drug-likeness (QED) is 0.563. The fourth-order valence-corrected chi connectivity index (χ4v) is 5.36. The van der Waals surface area contributed by atoms with Gasteiger partial charge in [0.2, 0.25) is 10.0 Å². The van der Waals surface area contributed by atoms with Gasteiger partial charge in [-0.3, -0.25) is 9.69 Å². The van der Waals surface area contributed by atoms with Crippen molar-refractivity contribution < 1.29 is 22.7 Å². The number of ether oxygens (including phenoxy) is 2. The van der Waals surface area contributed by atoms with Crippen LogP contribution in [0.5, 0.6) is 0 Å². The summed E-state index contributed by atoms with van der Waals surface area (Å²) in [6, 6.07) is 14.2. The lowest BCUT2D eigenvalue weighted by molar-refractivity contribution is -0.0212. The third kappa shape index (κ3) is 6.86. The molecule has 34 heavy (non-hydrogen) atoms. The summed E-state index contributed by atoms with van der Waals surface area (Å²) in [6.07, 6.45) is 1.98. The molecule has 4 rings (SSSR count). The van der Waals surface area contributed by atoms with Gasteiger partial charge in [0.25, 0.3) is 5.91 Å². The first kappa shape index (κ1) is 24.8. The average Bonchev–Trinajstić information content (AvgIpc) is 3.36. The SMILES string of the molecule is CC1CN(Cc2cccc(CNC(=O)c3ccc(S(=O)(=O)NCC4CCCO4)cc3)c2)CCO1. The lowest BCUT2D eigenvalue weighted by atomic mass is 10.1. The zero-order valence-electron chi connectivity index (χ0n) is 19.5. The highest BCUT2D eigenvalue weighted by Crippen LogP contribution is 2.15. The molecule has 2 aromatic rings. The van der Waals surface area contributed by atoms with E-state index in [2.05, 4.69) is 34.0 Å². The molecule has 184 valence electrons. The summed E-state index contributed by atoms with van der Waals surface area (Å²) in [5, 5.41) is 2.92. The van der Waals surface area contributed by atoms with Crippen molar-refractivity contribution in [1.29, 1.82) is 0 Å². The van der Waals surface area contributed by atoms with Crippen LogP contribution in [0.4, 0.5) is 0 Å². The molecule has 2 aromatic carbocycles. The largest absolute Gasteiger partial charge is 0.377 e. The van der Waals surface area contributed by atoms with Crippen LogP contribution in [0.25, 0.3) is 0 Å². The smallest absolute Gasteiger partial charge is 0.251 e. The van der Waals surface area contributed by atoms with Gasteiger partial charge in [-0.2, -0.15) is 0 Å². The maximum atomic E-state index is 12.6. The zero-order chi connectivity index (χ0) is 24.0. The van der Waals surface area contributed by atoms with Gasteiger partial charge in [0, 0.05) is 44.9 Å². The molecule has 9 heteroatoms. The molecule has 0 aliphatic carbocycles. The number of hydrogen-bond donors (Lipinski definition) is 2. The van der Waals surface area contributed by atoms with Gasteiger partial charge >= 0.3 is 0 Å². The second-order valence-electron chi connectivity index (χ2n) is 8.93. The highest BCUT2D eigenvalue weighted by atomic mass is 32.2. The fourth-order valence-electron chi connectivity index (χ4n) is 4.29. The van der Waals surface area contributed by atoms with E-state index in [4.69, 9.17) is 9.47 Å². The lowest BCUT2D eigenvalue weighted by Gasteiger charge is -2.31. The van der Waals surface area contributed by atoms with E-state index >= 15 is 0 Å². The highest BCUT2D eigenvalue weighted by Gasteiger charge is 2.21. The third-order valence-electron chi connectivity index (χ3n) is 6.13. The van der Waals surface area contributed by atoms with E-state index in [9.17, 15) is 13.2 Å². The molecule has 2 aliphatic rings. The molecule has 0 saturated carbocycles. The summed E-state index contributed by atoms with van der Waals surface area (Å²) in [4.78, 5) is 15.1. The second-order valence-corrected chi connectivity index (χ2v) is 10.7. The molecule has 2 heterocycles. The number of sulfonamides is 1. The van der Waals surface area contributed by atoms with Gasteiger partial charge in [-0.25, -0.2) is 13.1 Å². The Morgan fingerprint density at radius 1 is 1.09 bits per heavy atom. The summed E-state index contributed by atoms with van der Waals surface area (Å²) in [5.41, 5.74) is 2.63. The fraction of sp³-hybridized carbons (Fsp3) is 0.480. The van der Waals surface area contributed by atoms with Crippen LogP contribution in [0.1, 0.15) is 41.3 Å². The molecule has 2 saturated heterocycles. The van der Waals surface area contributed by atoms with Crippen molar-refractivity contribution in [3.05, 3.63) is 65.2 Å². The first-order valence-electron chi connectivity index (χ1n) is 11.8. The van der Waals surface area contributed by atoms with Crippen molar-refractivity contribution in [2.24, 2.45) is 0 Å². The van der Waals surface area contributed by atoms with Gasteiger partial charge in [-0.15, -0.1) is 0 Å². The number of amides is 1. The Kier molecular flexibility index (Phi) is 8.33. The van der Waals surface area contributed by atoms with Gasteiger partial charge < -0.3 is 14.8 Å². The van der Waals surface area contributed by atoms with E-state index in [1.165, 1.54) is 29.8 Å². The van der Waals surface area contributed by atoms with E-state index in [1.54, 1.807) is 0 Å². The Bertz CT molecular complexity index is 1070. The normalized spacial score (nSPS) is 21.4. The van der Waals surface area contributed by atoms with Gasteiger partial charge in [0.1, 0.15) is 0 Å². The average molecular weight is 488 g/mol. The van der Waals surface area contributed by atoms with E-state index in [-0.39, 0.29) is 29.6 Å². The minimum absolute atomic E-state index is 0.0734. The van der Waals surface area contributed by atoms with Crippen LogP contribution in [-0.2, 0) is 32.6 Å². The van der Waals surface area contributed by atoms with Gasteiger partial charge in [-0.05, 0) is 55.2 Å². The third-order valence-corrected chi connectivity index (χ3v) is 7.57. The summed E-state index contributed by atoms with van der Waals surface area (Å²) in [5.74, 6) is -0.247. The number of morpholine rings is 1. The molecule has 1 amide bonds. The predicted molar refractivity (Wildman–Crippen MR) is 129 cm³/mol. The molecule has 2 fully saturated rings. The van der Waals surface area contributed by atoms with Crippen LogP contribution in [0.15, 0.2) is 53.4 Å². The Labute approximate surface area is 201 Å². The van der Waals surface area contributed by atoms with Crippen LogP contribution >= 0.6 is 0 Å². The Balaban J connectivity index is 1.29. The lowest BCUT2D eigenvalue weighted by Crippen LogP contribution is -2.40. The van der Waals surface area contributed by atoms with E-state index in [0.29, 0.717) is 18.7 Å². The van der Waals surface area contributed by atoms with Crippen LogP contribution < -0.4 is 10.0 Å². The molecule has 0 spiro atoms. The molecule has 2 aliphatic heterocycles. The molecule has 2 N–H and O–H groups in total. The van der Waals surface area contributed by atoms with Gasteiger partial charge in [-0.1, -0.05) is 24.3 Å². The molecule has 2 unspecified atom stereocenters. The van der Waals surface area contributed by atoms with Crippen LogP contribution in [0, 0.1) is 0 Å². The Morgan fingerprint density at radius 3 is 2.62 bits per heavy atom. The van der Waals surface area contributed by atoms with Crippen LogP contribution in [0.3, 0.4) is 0 Å². The summed E-state index contributed by atoms with van der Waals surface area (Å²) < 4.78 is 38.6. The molecular weight excluding hydrogens is 454 g/mol. The molecule has 2 atom stereocenters. The number of hydrogen-bond acceptors (Lipinski definition) is 6. The number of carbonyl (C=O) groups is 1. The minimum atomic E-state index is -3.64. The van der Waals surface area contributed by atoms with Crippen molar-refractivity contribution in [2.75, 3.05) is 32.8 Å². The van der Waals surface area contributed by atoms with E-state index < -0.39 is 10.0 Å². The van der Waals surface area contributed by atoms with Crippen molar-refractivity contribution in [3.63, 3.8) is 0 Å². The number of carbonyl (C=O) groups excluding carboxylic acids is 1. The Hall–Kier alpha value is -2.30. The highest BCUT2D eigenvalue weighted by molar-refractivity contribution is 7.89. The molecule has 8 nitrogen and oxygen atoms in total. The number of rotatable bonds is 9. The van der Waals surface area contributed by atoms with Gasteiger partial charge in [0.05, 0.1) is 23.7 Å². The molecule has 0 radical (unpaired) electrons. The number of benzene rings is 2. The summed E-state index contributed by atoms with van der Waals surface area (Å²) in [6.45, 7) is 6.85. The first-order valence-corrected chi connectivity index (χ1v) is 13.3. The monoisotopic (exact) mass is 487 g/mol. The maximum Gasteiger partial charge on any atom is 0.251 e. The molecule has 0 aromatic heterocycles. The van der Waals surface area contributed by atoms with E-state index in [1.807, 2.05) is 12.1 Å². The molecular formula is C25H33N3O5S. The molecule has 0 bridgehead atoms. The topological polar surface area (TPSA) is 97.0 Å². The summed E-state index contributed by atoms with van der Waals surface area (Å²) in [7, 11) is -3.64. The van der Waals surface area contributed by atoms with Crippen LogP contribution in [0.2, 0.25) is 0 Å². The van der Waals surface area contributed by atoms with Crippen LogP contribution in [-0.4, -0.2) is 64.3 Å². The van der Waals surface area contributed by atoms with Crippen molar-refractivity contribution in [2.45, 2.75) is 50.0 Å². The zero-order valence-corrected chi connectivity index (χ0v) is 20.4. The van der Waals surface area contributed by atoms with Crippen molar-refractivity contribution in [1.82, 2.24) is 14.9 Å². The number of nitrogens with one attached hydrogen (secondary N) is 2. The van der Waals surface area contributed by atoms with E-state index in [0.717, 1.165) is 44.6 Å². The minimum Gasteiger partial charge on any atom is -0.377 e. The van der Waals surface area contributed by atoms with Gasteiger partial charge in [0.15, 0.2) is 0 Å². The number of nitrogens with zero attached hydrogens (tertiary/aromatic N) is 1. The van der Waals surface area contributed by atoms with Crippen molar-refractivity contribution >= 4 is 15.9 Å². The predicted octanol–water partition coefficient (Wildman–Crippen LogP) is 2.29. The van der Waals surface area contributed by atoms with Crippen molar-refractivity contribution in [3.8, 4) is 0 Å².